The second kappa shape index (κ2) is 10.3. The number of hydrogen-bond acceptors (Lipinski definition) is 4. The second-order valence-corrected chi connectivity index (χ2v) is 8.77. The van der Waals surface area contributed by atoms with E-state index in [1.807, 2.05) is 74.1 Å². The molecular weight excluding hydrogens is 467 g/mol. The summed E-state index contributed by atoms with van der Waals surface area (Å²) >= 11 is 13.2. The van der Waals surface area contributed by atoms with Crippen molar-refractivity contribution in [3.8, 4) is 22.5 Å². The molecule has 5 aromatic rings. The van der Waals surface area contributed by atoms with Crippen LogP contribution in [-0.2, 0) is 13.7 Å². The normalized spacial score (nSPS) is 10.8. The van der Waals surface area contributed by atoms with Gasteiger partial charge in [0.15, 0.2) is 0 Å². The van der Waals surface area contributed by atoms with Crippen molar-refractivity contribution < 1.29 is 5.11 Å². The Bertz CT molecular complexity index is 1450. The van der Waals surface area contributed by atoms with Crippen LogP contribution in [0.3, 0.4) is 0 Å². The fraction of sp³-hybridized carbons (Fsp3) is 0.148. The van der Waals surface area contributed by atoms with Crippen LogP contribution >= 0.6 is 23.2 Å². The van der Waals surface area contributed by atoms with Crippen molar-refractivity contribution in [2.24, 2.45) is 7.05 Å². The van der Waals surface area contributed by atoms with Crippen LogP contribution in [-0.4, -0.2) is 24.6 Å². The average molecular weight is 491 g/mol. The van der Waals surface area contributed by atoms with Gasteiger partial charge in [-0.3, -0.25) is 4.98 Å². The molecule has 0 radical (unpaired) electrons. The lowest BCUT2D eigenvalue weighted by atomic mass is 10.0. The van der Waals surface area contributed by atoms with Crippen molar-refractivity contribution in [1.29, 1.82) is 0 Å². The smallest absolute Gasteiger partial charge is 0.139 e. The fourth-order valence-corrected chi connectivity index (χ4v) is 4.48. The molecule has 0 amide bonds. The molecule has 0 saturated carbocycles. The second-order valence-electron chi connectivity index (χ2n) is 8.04. The molecule has 3 heterocycles. The van der Waals surface area contributed by atoms with E-state index in [0.29, 0.717) is 10.2 Å². The van der Waals surface area contributed by atoms with E-state index in [-0.39, 0.29) is 6.61 Å². The molecule has 0 aliphatic carbocycles. The summed E-state index contributed by atoms with van der Waals surface area (Å²) in [6.07, 6.45) is 7.13. The third-order valence-corrected chi connectivity index (χ3v) is 6.09. The first-order valence-electron chi connectivity index (χ1n) is 10.7. The average Bonchev–Trinajstić information content (AvgIpc) is 3.26. The van der Waals surface area contributed by atoms with Gasteiger partial charge in [0, 0.05) is 48.3 Å². The third kappa shape index (κ3) is 4.97. The molecule has 2 aromatic carbocycles. The lowest BCUT2D eigenvalue weighted by molar-refractivity contribution is 0.281. The first kappa shape index (κ1) is 23.9. The van der Waals surface area contributed by atoms with Gasteiger partial charge in [-0.15, -0.1) is 0 Å². The Labute approximate surface area is 208 Å². The van der Waals surface area contributed by atoms with Crippen LogP contribution in [0.25, 0.3) is 33.4 Å². The van der Waals surface area contributed by atoms with Gasteiger partial charge >= 0.3 is 0 Å². The Morgan fingerprint density at radius 1 is 0.971 bits per heavy atom. The van der Waals surface area contributed by atoms with Crippen LogP contribution in [0.2, 0.25) is 10.2 Å². The van der Waals surface area contributed by atoms with Crippen LogP contribution in [0.15, 0.2) is 73.3 Å². The van der Waals surface area contributed by atoms with Gasteiger partial charge < -0.3 is 9.67 Å². The summed E-state index contributed by atoms with van der Waals surface area (Å²) in [5, 5.41) is 10.5. The standard InChI is InChI=1S/C20H15Cl2N3.C7H9NO/c1-12-10-14(20-23-8-9-25(20)2)11-15-17(21)16(19(22)24-18(12)15)13-6-4-3-5-7-13;1-6-2-7(5-9)4-8-3-6/h3-11H,1-2H3;2-4,9H,5H2,1H3. The zero-order chi connectivity index (χ0) is 24.2. The Morgan fingerprint density at radius 2 is 1.74 bits per heavy atom. The highest BCUT2D eigenvalue weighted by Gasteiger charge is 2.17. The van der Waals surface area contributed by atoms with Crippen molar-refractivity contribution in [3.05, 3.63) is 100 Å². The molecule has 34 heavy (non-hydrogen) atoms. The molecule has 0 spiro atoms. The molecule has 0 bridgehead atoms. The third-order valence-electron chi connectivity index (χ3n) is 5.43. The molecule has 0 unspecified atom stereocenters. The highest BCUT2D eigenvalue weighted by molar-refractivity contribution is 6.42. The summed E-state index contributed by atoms with van der Waals surface area (Å²) in [6.45, 7) is 4.04. The van der Waals surface area contributed by atoms with Crippen LogP contribution in [0.1, 0.15) is 16.7 Å². The minimum absolute atomic E-state index is 0.0781. The number of hydrogen-bond donors (Lipinski definition) is 1. The lowest BCUT2D eigenvalue weighted by Crippen LogP contribution is -1.95. The zero-order valence-electron chi connectivity index (χ0n) is 19.1. The van der Waals surface area contributed by atoms with Crippen LogP contribution < -0.4 is 0 Å². The number of rotatable bonds is 3. The SMILES string of the molecule is Cc1cc(-c2nccn2C)cc2c(Cl)c(-c3ccccc3)c(Cl)nc12.Cc1cncc(CO)c1. The summed E-state index contributed by atoms with van der Waals surface area (Å²) in [4.78, 5) is 12.9. The molecule has 0 aliphatic heterocycles. The first-order chi connectivity index (χ1) is 16.4. The highest BCUT2D eigenvalue weighted by Crippen LogP contribution is 2.40. The molecule has 5 nitrogen and oxygen atoms in total. The summed E-state index contributed by atoms with van der Waals surface area (Å²) in [5.41, 5.74) is 6.49. The maximum absolute atomic E-state index is 8.62. The summed E-state index contributed by atoms with van der Waals surface area (Å²) < 4.78 is 1.98. The summed E-state index contributed by atoms with van der Waals surface area (Å²) in [7, 11) is 1.97. The van der Waals surface area contributed by atoms with Crippen molar-refractivity contribution in [2.75, 3.05) is 0 Å². The molecule has 3 aromatic heterocycles. The number of benzene rings is 2. The molecule has 7 heteroatoms. The zero-order valence-corrected chi connectivity index (χ0v) is 20.6. The number of aryl methyl sites for hydroxylation is 3. The molecule has 5 rings (SSSR count). The largest absolute Gasteiger partial charge is 0.392 e. The van der Waals surface area contributed by atoms with Gasteiger partial charge in [0.1, 0.15) is 11.0 Å². The van der Waals surface area contributed by atoms with E-state index in [4.69, 9.17) is 28.3 Å². The van der Waals surface area contributed by atoms with Crippen LogP contribution in [0.5, 0.6) is 0 Å². The lowest BCUT2D eigenvalue weighted by Gasteiger charge is -2.13. The Hall–Kier alpha value is -3.25. The predicted octanol–water partition coefficient (Wildman–Crippen LogP) is 6.80. The Balaban J connectivity index is 0.000000257. The number of aliphatic hydroxyl groups is 1. The molecular formula is C27H24Cl2N4O. The summed E-state index contributed by atoms with van der Waals surface area (Å²) in [6, 6.07) is 15.8. The molecule has 0 saturated heterocycles. The van der Waals surface area contributed by atoms with Gasteiger partial charge in [0.05, 0.1) is 17.1 Å². The molecule has 172 valence electrons. The van der Waals surface area contributed by atoms with Crippen molar-refractivity contribution >= 4 is 34.1 Å². The predicted molar refractivity (Wildman–Crippen MR) is 139 cm³/mol. The van der Waals surface area contributed by atoms with Gasteiger partial charge in [0.2, 0.25) is 0 Å². The van der Waals surface area contributed by atoms with Gasteiger partial charge in [0.25, 0.3) is 0 Å². The Kier molecular flexibility index (Phi) is 7.27. The molecule has 0 aliphatic rings. The first-order valence-corrected chi connectivity index (χ1v) is 11.5. The minimum Gasteiger partial charge on any atom is -0.392 e. The molecule has 0 fully saturated rings. The van der Waals surface area contributed by atoms with Gasteiger partial charge in [-0.05, 0) is 48.2 Å². The molecule has 0 atom stereocenters. The fourth-order valence-electron chi connectivity index (χ4n) is 3.80. The maximum atomic E-state index is 8.62. The van der Waals surface area contributed by atoms with E-state index in [1.54, 1.807) is 18.6 Å². The highest BCUT2D eigenvalue weighted by atomic mass is 35.5. The van der Waals surface area contributed by atoms with E-state index in [1.165, 1.54) is 0 Å². The van der Waals surface area contributed by atoms with Gasteiger partial charge in [-0.2, -0.15) is 0 Å². The number of imidazole rings is 1. The number of aliphatic hydroxyl groups excluding tert-OH is 1. The monoisotopic (exact) mass is 490 g/mol. The van der Waals surface area contributed by atoms with Crippen molar-refractivity contribution in [3.63, 3.8) is 0 Å². The van der Waals surface area contributed by atoms with E-state index in [0.717, 1.165) is 50.1 Å². The number of pyridine rings is 2. The van der Waals surface area contributed by atoms with E-state index >= 15 is 0 Å². The topological polar surface area (TPSA) is 63.8 Å². The maximum Gasteiger partial charge on any atom is 0.139 e. The van der Waals surface area contributed by atoms with Gasteiger partial charge in [-0.25, -0.2) is 9.97 Å². The number of halogens is 2. The van der Waals surface area contributed by atoms with Crippen molar-refractivity contribution in [2.45, 2.75) is 20.5 Å². The number of fused-ring (bicyclic) bond motifs is 1. The quantitative estimate of drug-likeness (QED) is 0.282. The van der Waals surface area contributed by atoms with Gasteiger partial charge in [-0.1, -0.05) is 59.6 Å². The van der Waals surface area contributed by atoms with E-state index < -0.39 is 0 Å². The molecule has 1 N–H and O–H groups in total. The number of nitrogens with zero attached hydrogens (tertiary/aromatic N) is 4. The van der Waals surface area contributed by atoms with E-state index in [9.17, 15) is 0 Å². The summed E-state index contributed by atoms with van der Waals surface area (Å²) in [5.74, 6) is 0.886. The minimum atomic E-state index is 0.0781. The van der Waals surface area contributed by atoms with Crippen LogP contribution in [0.4, 0.5) is 0 Å². The Morgan fingerprint density at radius 3 is 2.35 bits per heavy atom. The number of aromatic nitrogens is 4. The van der Waals surface area contributed by atoms with E-state index in [2.05, 4.69) is 21.0 Å². The van der Waals surface area contributed by atoms with Crippen LogP contribution in [0, 0.1) is 13.8 Å². The van der Waals surface area contributed by atoms with Crippen molar-refractivity contribution in [1.82, 2.24) is 19.5 Å².